The maximum atomic E-state index is 12.3. The van der Waals surface area contributed by atoms with E-state index in [1.807, 2.05) is 18.2 Å². The van der Waals surface area contributed by atoms with Gasteiger partial charge in [0.25, 0.3) is 0 Å². The van der Waals surface area contributed by atoms with Gasteiger partial charge in [-0.1, -0.05) is 17.7 Å². The Morgan fingerprint density at radius 2 is 2.14 bits per heavy atom. The molecule has 0 aliphatic carbocycles. The largest absolute Gasteiger partial charge is 0.462 e. The Kier molecular flexibility index (Phi) is 3.78. The standard InChI is InChI=1S/C15H15ClN2O4/c1-22-15(21)14(20)17-7-12-11-6-10(16)3-2-9(11)4-5-18(12)13(19)8-17/h2-3,6,12H,4-5,7-8H2,1H3. The van der Waals surface area contributed by atoms with Crippen LogP contribution in [0.15, 0.2) is 18.2 Å². The highest BCUT2D eigenvalue weighted by atomic mass is 35.5. The van der Waals surface area contributed by atoms with Gasteiger partial charge in [0.2, 0.25) is 5.91 Å². The topological polar surface area (TPSA) is 66.9 Å². The lowest BCUT2D eigenvalue weighted by Crippen LogP contribution is -2.56. The molecule has 1 aromatic carbocycles. The first kappa shape index (κ1) is 14.8. The molecule has 0 aromatic heterocycles. The number of hydrogen-bond donors (Lipinski definition) is 0. The highest BCUT2D eigenvalue weighted by Gasteiger charge is 2.40. The molecule has 1 fully saturated rings. The van der Waals surface area contributed by atoms with Gasteiger partial charge in [0, 0.05) is 18.1 Å². The number of hydrogen-bond acceptors (Lipinski definition) is 4. The van der Waals surface area contributed by atoms with Crippen LogP contribution in [-0.4, -0.2) is 54.3 Å². The molecule has 2 heterocycles. The van der Waals surface area contributed by atoms with Gasteiger partial charge in [0.05, 0.1) is 13.2 Å². The maximum Gasteiger partial charge on any atom is 0.396 e. The molecule has 0 spiro atoms. The van der Waals surface area contributed by atoms with E-state index < -0.39 is 11.9 Å². The number of benzene rings is 1. The number of nitrogens with zero attached hydrogens (tertiary/aromatic N) is 2. The van der Waals surface area contributed by atoms with E-state index in [1.165, 1.54) is 4.90 Å². The van der Waals surface area contributed by atoms with E-state index in [1.54, 1.807) is 4.90 Å². The third kappa shape index (κ3) is 2.43. The van der Waals surface area contributed by atoms with Crippen molar-refractivity contribution in [3.8, 4) is 0 Å². The zero-order valence-corrected chi connectivity index (χ0v) is 12.8. The smallest absolute Gasteiger partial charge is 0.396 e. The predicted octanol–water partition coefficient (Wildman–Crippen LogP) is 0.781. The Morgan fingerprint density at radius 1 is 1.36 bits per heavy atom. The molecule has 7 heteroatoms. The molecular weight excluding hydrogens is 308 g/mol. The lowest BCUT2D eigenvalue weighted by molar-refractivity contribution is -0.162. The fraction of sp³-hybridized carbons (Fsp3) is 0.400. The number of fused-ring (bicyclic) bond motifs is 3. The zero-order chi connectivity index (χ0) is 15.9. The highest BCUT2D eigenvalue weighted by Crippen LogP contribution is 2.34. The minimum absolute atomic E-state index is 0.0969. The highest BCUT2D eigenvalue weighted by molar-refractivity contribution is 6.32. The van der Waals surface area contributed by atoms with Crippen LogP contribution in [0.25, 0.3) is 0 Å². The molecule has 0 bridgehead atoms. The van der Waals surface area contributed by atoms with Gasteiger partial charge in [-0.2, -0.15) is 0 Å². The predicted molar refractivity (Wildman–Crippen MR) is 78.2 cm³/mol. The molecule has 22 heavy (non-hydrogen) atoms. The lowest BCUT2D eigenvalue weighted by atomic mass is 9.90. The molecule has 1 atom stereocenters. The molecule has 0 N–H and O–H groups in total. The number of carbonyl (C=O) groups is 3. The third-order valence-electron chi connectivity index (χ3n) is 4.15. The number of carbonyl (C=O) groups excluding carboxylic acids is 3. The van der Waals surface area contributed by atoms with Gasteiger partial charge in [0.1, 0.15) is 6.54 Å². The summed E-state index contributed by atoms with van der Waals surface area (Å²) in [5.74, 6) is -1.91. The first-order valence-corrected chi connectivity index (χ1v) is 7.34. The van der Waals surface area contributed by atoms with E-state index in [0.717, 1.165) is 24.7 Å². The summed E-state index contributed by atoms with van der Waals surface area (Å²) in [6.07, 6.45) is 0.764. The van der Waals surface area contributed by atoms with Gasteiger partial charge >= 0.3 is 11.9 Å². The summed E-state index contributed by atoms with van der Waals surface area (Å²) < 4.78 is 4.45. The molecule has 1 aromatic rings. The Morgan fingerprint density at radius 3 is 2.86 bits per heavy atom. The molecule has 0 radical (unpaired) electrons. The second kappa shape index (κ2) is 5.61. The van der Waals surface area contributed by atoms with Crippen molar-refractivity contribution in [2.24, 2.45) is 0 Å². The van der Waals surface area contributed by atoms with E-state index in [2.05, 4.69) is 4.74 Å². The SMILES string of the molecule is COC(=O)C(=O)N1CC(=O)N2CCc3ccc(Cl)cc3C2C1. The van der Waals surface area contributed by atoms with Crippen LogP contribution in [0.5, 0.6) is 0 Å². The second-order valence-corrected chi connectivity index (χ2v) is 5.81. The monoisotopic (exact) mass is 322 g/mol. The summed E-state index contributed by atoms with van der Waals surface area (Å²) in [5.41, 5.74) is 2.06. The van der Waals surface area contributed by atoms with Crippen molar-refractivity contribution in [3.05, 3.63) is 34.3 Å². The summed E-state index contributed by atoms with van der Waals surface area (Å²) >= 11 is 6.06. The summed E-state index contributed by atoms with van der Waals surface area (Å²) in [6, 6.07) is 5.32. The van der Waals surface area contributed by atoms with Gasteiger partial charge in [-0.3, -0.25) is 9.59 Å². The Bertz CT molecular complexity index is 661. The van der Waals surface area contributed by atoms with Crippen molar-refractivity contribution in [3.63, 3.8) is 0 Å². The number of halogens is 1. The third-order valence-corrected chi connectivity index (χ3v) is 4.39. The summed E-state index contributed by atoms with van der Waals surface area (Å²) in [4.78, 5) is 38.7. The van der Waals surface area contributed by atoms with Gasteiger partial charge in [-0.05, 0) is 29.7 Å². The average Bonchev–Trinajstić information content (AvgIpc) is 2.53. The molecule has 116 valence electrons. The quantitative estimate of drug-likeness (QED) is 0.523. The van der Waals surface area contributed by atoms with Crippen LogP contribution in [0.4, 0.5) is 0 Å². The van der Waals surface area contributed by atoms with Crippen molar-refractivity contribution in [1.29, 1.82) is 0 Å². The normalized spacial score (nSPS) is 20.3. The number of esters is 1. The van der Waals surface area contributed by atoms with Crippen molar-refractivity contribution in [2.75, 3.05) is 26.7 Å². The minimum Gasteiger partial charge on any atom is -0.462 e. The molecule has 0 saturated carbocycles. The van der Waals surface area contributed by atoms with E-state index in [-0.39, 0.29) is 25.0 Å². The van der Waals surface area contributed by atoms with Crippen molar-refractivity contribution in [2.45, 2.75) is 12.5 Å². The average molecular weight is 323 g/mol. The summed E-state index contributed by atoms with van der Waals surface area (Å²) in [6.45, 7) is 0.783. The fourth-order valence-corrected chi connectivity index (χ4v) is 3.24. The first-order valence-electron chi connectivity index (χ1n) is 6.96. The summed E-state index contributed by atoms with van der Waals surface area (Å²) in [5, 5.41) is 0.587. The zero-order valence-electron chi connectivity index (χ0n) is 12.0. The molecule has 6 nitrogen and oxygen atoms in total. The molecule has 2 amide bonds. The van der Waals surface area contributed by atoms with Crippen molar-refractivity contribution >= 4 is 29.4 Å². The van der Waals surface area contributed by atoms with Crippen molar-refractivity contribution in [1.82, 2.24) is 9.80 Å². The van der Waals surface area contributed by atoms with Gasteiger partial charge < -0.3 is 14.5 Å². The molecule has 2 aliphatic heterocycles. The van der Waals surface area contributed by atoms with Crippen LogP contribution >= 0.6 is 11.6 Å². The van der Waals surface area contributed by atoms with E-state index >= 15 is 0 Å². The second-order valence-electron chi connectivity index (χ2n) is 5.37. The number of rotatable bonds is 0. The van der Waals surface area contributed by atoms with E-state index in [9.17, 15) is 14.4 Å². The van der Waals surface area contributed by atoms with Crippen LogP contribution in [-0.2, 0) is 25.5 Å². The number of piperazine rings is 1. The minimum atomic E-state index is -0.955. The Hall–Kier alpha value is -2.08. The van der Waals surface area contributed by atoms with Crippen molar-refractivity contribution < 1.29 is 19.1 Å². The van der Waals surface area contributed by atoms with Gasteiger partial charge in [-0.15, -0.1) is 0 Å². The Labute approximate surface area is 132 Å². The van der Waals surface area contributed by atoms with Crippen LogP contribution in [0, 0.1) is 0 Å². The number of amides is 2. The maximum absolute atomic E-state index is 12.3. The van der Waals surface area contributed by atoms with Crippen LogP contribution in [0.3, 0.4) is 0 Å². The molecular formula is C15H15ClN2O4. The fourth-order valence-electron chi connectivity index (χ4n) is 3.06. The van der Waals surface area contributed by atoms with Gasteiger partial charge in [0.15, 0.2) is 0 Å². The summed E-state index contributed by atoms with van der Waals surface area (Å²) in [7, 11) is 1.15. The van der Waals surface area contributed by atoms with Crippen LogP contribution < -0.4 is 0 Å². The van der Waals surface area contributed by atoms with Crippen LogP contribution in [0.1, 0.15) is 17.2 Å². The molecule has 1 unspecified atom stereocenters. The lowest BCUT2D eigenvalue weighted by Gasteiger charge is -2.44. The molecule has 1 saturated heterocycles. The number of ether oxygens (including phenoxy) is 1. The van der Waals surface area contributed by atoms with Gasteiger partial charge in [-0.25, -0.2) is 4.79 Å². The van der Waals surface area contributed by atoms with E-state index in [4.69, 9.17) is 11.6 Å². The van der Waals surface area contributed by atoms with Crippen LogP contribution in [0.2, 0.25) is 5.02 Å². The number of methoxy groups -OCH3 is 1. The van der Waals surface area contributed by atoms with E-state index in [0.29, 0.717) is 11.6 Å². The Balaban J connectivity index is 1.93. The first-order chi connectivity index (χ1) is 10.5. The molecule has 2 aliphatic rings. The molecule has 3 rings (SSSR count).